The number of hydrogen-bond donors (Lipinski definition) is 3. The van der Waals surface area contributed by atoms with Crippen LogP contribution in [0.4, 0.5) is 18.8 Å². The minimum atomic E-state index is -4.23. The van der Waals surface area contributed by atoms with Gasteiger partial charge >= 0.3 is 37.9 Å². The third kappa shape index (κ3) is 41.2. The van der Waals surface area contributed by atoms with E-state index in [2.05, 4.69) is 19.8 Å². The maximum absolute atomic E-state index is 12.6. The highest BCUT2D eigenvalue weighted by Crippen LogP contribution is 2.49. The first-order chi connectivity index (χ1) is 28.0. The van der Waals surface area contributed by atoms with E-state index in [0.717, 1.165) is 5.56 Å². The Kier molecular flexibility index (Phi) is 45.9. The maximum atomic E-state index is 12.6. The topological polar surface area (TPSA) is 256 Å². The van der Waals surface area contributed by atoms with Crippen LogP contribution in [0.15, 0.2) is 52.2 Å². The monoisotopic (exact) mass is 875 g/mol. The Balaban J connectivity index is -0.000000253. The Morgan fingerprint density at radius 2 is 1.29 bits per heavy atom. The number of alkyl halides is 1. The summed E-state index contributed by atoms with van der Waals surface area (Å²) < 4.78 is 66.8. The molecule has 0 saturated carbocycles. The quantitative estimate of drug-likeness (QED) is 0.0608. The number of carbonyl (C=O) groups is 4. The van der Waals surface area contributed by atoms with Crippen LogP contribution in [0, 0.1) is 0 Å². The third-order valence-corrected chi connectivity index (χ3v) is 6.55. The highest BCUT2D eigenvalue weighted by molar-refractivity contribution is 7.48. The van der Waals surface area contributed by atoms with E-state index in [1.54, 1.807) is 34.7 Å². The molecule has 20 nitrogen and oxygen atoms in total. The number of nitrogens with zero attached hydrogens (tertiary/aromatic N) is 1. The van der Waals surface area contributed by atoms with Crippen LogP contribution >= 0.6 is 7.82 Å². The van der Waals surface area contributed by atoms with Crippen molar-refractivity contribution in [2.75, 3.05) is 41.0 Å². The molecule has 2 aromatic rings. The van der Waals surface area contributed by atoms with E-state index in [1.807, 2.05) is 78.8 Å². The number of aryl methyl sites for hydroxylation is 1. The molecule has 0 fully saturated rings. The van der Waals surface area contributed by atoms with Crippen LogP contribution in [0.3, 0.4) is 0 Å². The van der Waals surface area contributed by atoms with Crippen molar-refractivity contribution in [3.63, 3.8) is 0 Å². The van der Waals surface area contributed by atoms with Gasteiger partial charge in [-0.05, 0) is 39.7 Å². The summed E-state index contributed by atoms with van der Waals surface area (Å²) in [5, 5.41) is 10.4. The summed E-state index contributed by atoms with van der Waals surface area (Å²) >= 11 is 0. The van der Waals surface area contributed by atoms with E-state index in [1.165, 1.54) is 23.9 Å². The number of aromatic amines is 1. The second kappa shape index (κ2) is 42.8. The molecule has 0 saturated heterocycles. The number of phosphoric ester groups is 1. The van der Waals surface area contributed by atoms with Crippen LogP contribution in [0.5, 0.6) is 0 Å². The first kappa shape index (κ1) is 63.4. The molecular formula is C37H67FN3O17P. The minimum absolute atomic E-state index is 0.128. The number of carboxylic acid groups (broad SMARTS) is 1. The van der Waals surface area contributed by atoms with Crippen molar-refractivity contribution in [3.8, 4) is 0 Å². The van der Waals surface area contributed by atoms with Crippen molar-refractivity contribution in [3.05, 3.63) is 69.0 Å². The smallest absolute Gasteiger partial charge is 0.480 e. The Morgan fingerprint density at radius 1 is 0.814 bits per heavy atom. The van der Waals surface area contributed by atoms with Gasteiger partial charge in [0, 0.05) is 26.4 Å². The fourth-order valence-electron chi connectivity index (χ4n) is 2.77. The standard InChI is InChI=1S/C15H29O11P.C10H11NO4.C5H6N2O2.3C2H6.CH3F/c1-7-13(19-6)8-22-27(18,23-9-20-14(16)25-11(2)3)24-10-21-15(17)26-12(4)5;12-9(13)6-11-10(14)15-7-8-4-2-1-3-5-8;1-7-3-2-4(8)6-5(7)9;4*1-2/h11-13H,7-10H2,1-6H3;1-5H,6-7H2,(H,11,14)(H,12,13);2-3H,1H3,(H,6,8,9);3*1-2H3;1H3. The van der Waals surface area contributed by atoms with Crippen molar-refractivity contribution >= 4 is 32.2 Å². The molecule has 1 heterocycles. The number of carbonyl (C=O) groups excluding carboxylic acids is 3. The largest absolute Gasteiger partial charge is 0.510 e. The molecule has 1 amide bonds. The van der Waals surface area contributed by atoms with Crippen molar-refractivity contribution in [2.45, 2.75) is 108 Å². The number of benzene rings is 1. The molecule has 0 aliphatic heterocycles. The van der Waals surface area contributed by atoms with E-state index in [4.69, 9.17) is 37.6 Å². The number of H-pyrrole nitrogens is 1. The zero-order valence-electron chi connectivity index (χ0n) is 36.8. The number of alkyl carbamates (subject to hydrolysis) is 1. The number of methoxy groups -OCH3 is 1. The van der Waals surface area contributed by atoms with Gasteiger partial charge in [0.15, 0.2) is 0 Å². The van der Waals surface area contributed by atoms with Gasteiger partial charge in [0.2, 0.25) is 13.6 Å². The predicted molar refractivity (Wildman–Crippen MR) is 218 cm³/mol. The molecular weight excluding hydrogens is 808 g/mol. The summed E-state index contributed by atoms with van der Waals surface area (Å²) in [5.41, 5.74) is 0.101. The molecule has 59 heavy (non-hydrogen) atoms. The lowest BCUT2D eigenvalue weighted by atomic mass is 10.2. The van der Waals surface area contributed by atoms with Crippen molar-refractivity contribution < 1.29 is 75.2 Å². The SMILES string of the molecule is CC.CC.CC.CCC(COP(=O)(OCOC(=O)OC(C)C)OCOC(=O)OC(C)C)OC.CF.Cn1ccc(=O)[nH]c1=O.O=C(O)CNC(=O)OCc1ccccc1. The number of phosphoric acid groups is 1. The number of ether oxygens (including phenoxy) is 6. The van der Waals surface area contributed by atoms with Gasteiger partial charge in [0.25, 0.3) is 5.56 Å². The number of amides is 1. The molecule has 1 aromatic heterocycles. The number of rotatable bonds is 17. The lowest BCUT2D eigenvalue weighted by Gasteiger charge is -2.20. The number of aromatic nitrogens is 2. The average Bonchev–Trinajstić information content (AvgIpc) is 3.21. The Hall–Kier alpha value is -4.82. The summed E-state index contributed by atoms with van der Waals surface area (Å²) in [7, 11) is -0.700. The number of hydrogen-bond acceptors (Lipinski definition) is 16. The average molecular weight is 876 g/mol. The van der Waals surface area contributed by atoms with E-state index in [0.29, 0.717) is 13.6 Å². The minimum Gasteiger partial charge on any atom is -0.480 e. The summed E-state index contributed by atoms with van der Waals surface area (Å²) in [4.78, 5) is 66.6. The van der Waals surface area contributed by atoms with Gasteiger partial charge in [-0.3, -0.25) is 23.5 Å². The Morgan fingerprint density at radius 3 is 1.66 bits per heavy atom. The van der Waals surface area contributed by atoms with Crippen molar-refractivity contribution in [1.82, 2.24) is 14.9 Å². The second-order valence-corrected chi connectivity index (χ2v) is 11.8. The molecule has 0 aliphatic carbocycles. The van der Waals surface area contributed by atoms with Gasteiger partial charge in [-0.1, -0.05) is 78.8 Å². The molecule has 1 aromatic carbocycles. The van der Waals surface area contributed by atoms with Crippen LogP contribution in [-0.4, -0.2) is 98.4 Å². The lowest BCUT2D eigenvalue weighted by molar-refractivity contribution is -0.135. The molecule has 0 bridgehead atoms. The number of halogens is 1. The van der Waals surface area contributed by atoms with E-state index < -0.39 is 64.5 Å². The normalized spacial score (nSPS) is 10.1. The zero-order chi connectivity index (χ0) is 46.8. The highest BCUT2D eigenvalue weighted by Gasteiger charge is 2.30. The maximum Gasteiger partial charge on any atom is 0.510 e. The van der Waals surface area contributed by atoms with Crippen LogP contribution < -0.4 is 16.6 Å². The van der Waals surface area contributed by atoms with Crippen LogP contribution in [0.2, 0.25) is 0 Å². The van der Waals surface area contributed by atoms with Crippen LogP contribution in [-0.2, 0) is 65.0 Å². The van der Waals surface area contributed by atoms with E-state index in [-0.39, 0.29) is 30.6 Å². The molecule has 2 rings (SSSR count). The second-order valence-electron chi connectivity index (χ2n) is 10.2. The van der Waals surface area contributed by atoms with E-state index in [9.17, 15) is 37.7 Å². The summed E-state index contributed by atoms with van der Waals surface area (Å²) in [5.74, 6) is -1.10. The highest BCUT2D eigenvalue weighted by atomic mass is 31.2. The molecule has 1 unspecified atom stereocenters. The first-order valence-corrected chi connectivity index (χ1v) is 20.0. The number of aliphatic carboxylic acids is 1. The van der Waals surface area contributed by atoms with Crippen molar-refractivity contribution in [1.29, 1.82) is 0 Å². The molecule has 1 atom stereocenters. The number of carboxylic acids is 1. The number of nitrogens with one attached hydrogen (secondary N) is 2. The van der Waals surface area contributed by atoms with Crippen LogP contribution in [0.25, 0.3) is 0 Å². The molecule has 22 heteroatoms. The summed E-state index contributed by atoms with van der Waals surface area (Å²) in [6.45, 7) is 18.4. The van der Waals surface area contributed by atoms with Crippen molar-refractivity contribution in [2.24, 2.45) is 7.05 Å². The third-order valence-electron chi connectivity index (χ3n) is 5.24. The molecule has 3 N–H and O–H groups in total. The van der Waals surface area contributed by atoms with Gasteiger partial charge in [-0.15, -0.1) is 0 Å². The molecule has 0 spiro atoms. The molecule has 0 aliphatic rings. The predicted octanol–water partition coefficient (Wildman–Crippen LogP) is 7.34. The van der Waals surface area contributed by atoms with Gasteiger partial charge in [-0.25, -0.2) is 32.8 Å². The van der Waals surface area contributed by atoms with Gasteiger partial charge < -0.3 is 43.4 Å². The van der Waals surface area contributed by atoms with Gasteiger partial charge in [-0.2, -0.15) is 0 Å². The van der Waals surface area contributed by atoms with Crippen LogP contribution in [0.1, 0.15) is 88.1 Å². The Bertz CT molecular complexity index is 1460. The fourth-order valence-corrected chi connectivity index (χ4v) is 3.71. The van der Waals surface area contributed by atoms with Gasteiger partial charge in [0.05, 0.1) is 32.1 Å². The van der Waals surface area contributed by atoms with Gasteiger partial charge in [0.1, 0.15) is 13.2 Å². The molecule has 0 radical (unpaired) electrons. The Labute approximate surface area is 346 Å². The zero-order valence-corrected chi connectivity index (χ0v) is 37.7. The summed E-state index contributed by atoms with van der Waals surface area (Å²) in [6.07, 6.45) is -1.95. The fraction of sp³-hybridized carbons (Fsp3) is 0.622. The summed E-state index contributed by atoms with van der Waals surface area (Å²) in [6, 6.07) is 10.4. The molecule has 344 valence electrons. The lowest BCUT2D eigenvalue weighted by Crippen LogP contribution is -2.29. The first-order valence-electron chi connectivity index (χ1n) is 18.5. The van der Waals surface area contributed by atoms with E-state index >= 15 is 0 Å².